The van der Waals surface area contributed by atoms with E-state index < -0.39 is 0 Å². The van der Waals surface area contributed by atoms with Crippen molar-refractivity contribution in [1.82, 2.24) is 4.98 Å². The normalized spacial score (nSPS) is 18.4. The fourth-order valence-corrected chi connectivity index (χ4v) is 3.60. The Balaban J connectivity index is 1.71. The van der Waals surface area contributed by atoms with Crippen LogP contribution in [0.1, 0.15) is 39.3 Å². The number of aromatic nitrogens is 1. The minimum Gasteiger partial charge on any atom is -0.294 e. The first kappa shape index (κ1) is 12.5. The molecule has 2 aromatic rings. The van der Waals surface area contributed by atoms with E-state index in [1.54, 1.807) is 11.3 Å². The Bertz CT molecular complexity index is 602. The van der Waals surface area contributed by atoms with Gasteiger partial charge in [-0.1, -0.05) is 24.3 Å². The molecule has 19 heavy (non-hydrogen) atoms. The molecule has 0 N–H and O–H groups in total. The number of ketones is 1. The molecule has 0 aliphatic heterocycles. The Kier molecular flexibility index (Phi) is 3.47. The number of nitrogens with zero attached hydrogens (tertiary/aromatic N) is 1. The van der Waals surface area contributed by atoms with Gasteiger partial charge in [0.05, 0.1) is 11.2 Å². The Morgan fingerprint density at radius 1 is 1.37 bits per heavy atom. The molecular formula is C16H17NOS. The van der Waals surface area contributed by atoms with E-state index >= 15 is 0 Å². The van der Waals surface area contributed by atoms with E-state index in [4.69, 9.17) is 0 Å². The number of rotatable bonds is 3. The Labute approximate surface area is 117 Å². The molecule has 2 nitrogen and oxygen atoms in total. The quantitative estimate of drug-likeness (QED) is 0.849. The first-order valence-electron chi connectivity index (χ1n) is 6.77. The summed E-state index contributed by atoms with van der Waals surface area (Å²) in [6.45, 7) is 2.05. The van der Waals surface area contributed by atoms with E-state index in [1.165, 1.54) is 10.4 Å². The van der Waals surface area contributed by atoms with Crippen molar-refractivity contribution in [1.29, 1.82) is 0 Å². The Morgan fingerprint density at radius 3 is 3.00 bits per heavy atom. The number of hydrogen-bond donors (Lipinski definition) is 0. The highest BCUT2D eigenvalue weighted by molar-refractivity contribution is 7.09. The summed E-state index contributed by atoms with van der Waals surface area (Å²) < 4.78 is 0. The molecule has 0 amide bonds. The lowest BCUT2D eigenvalue weighted by atomic mass is 9.80. The van der Waals surface area contributed by atoms with Crippen molar-refractivity contribution in [2.45, 2.75) is 32.6 Å². The van der Waals surface area contributed by atoms with Gasteiger partial charge in [-0.15, -0.1) is 11.3 Å². The maximum atomic E-state index is 12.4. The minimum atomic E-state index is 0.191. The topological polar surface area (TPSA) is 30.0 Å². The van der Waals surface area contributed by atoms with Crippen molar-refractivity contribution in [3.63, 3.8) is 0 Å². The SMILES string of the molecule is Cc1ncsc1CCC1CCc2ccccc2C1=O. The van der Waals surface area contributed by atoms with E-state index in [1.807, 2.05) is 30.6 Å². The van der Waals surface area contributed by atoms with E-state index in [9.17, 15) is 4.79 Å². The molecule has 1 aliphatic rings. The largest absolute Gasteiger partial charge is 0.294 e. The third-order valence-corrected chi connectivity index (χ3v) is 4.98. The van der Waals surface area contributed by atoms with E-state index in [-0.39, 0.29) is 5.92 Å². The average Bonchev–Trinajstić information content (AvgIpc) is 2.84. The van der Waals surface area contributed by atoms with E-state index in [2.05, 4.69) is 11.1 Å². The number of Topliss-reactive ketones (excluding diaryl/α,β-unsaturated/α-hetero) is 1. The number of thiazole rings is 1. The first-order valence-corrected chi connectivity index (χ1v) is 7.65. The lowest BCUT2D eigenvalue weighted by Crippen LogP contribution is -2.23. The van der Waals surface area contributed by atoms with Gasteiger partial charge in [0.1, 0.15) is 0 Å². The highest BCUT2D eigenvalue weighted by Crippen LogP contribution is 2.29. The zero-order valence-corrected chi connectivity index (χ0v) is 11.9. The number of carbonyl (C=O) groups is 1. The molecule has 0 spiro atoms. The van der Waals surface area contributed by atoms with Crippen LogP contribution < -0.4 is 0 Å². The average molecular weight is 271 g/mol. The maximum absolute atomic E-state index is 12.4. The third kappa shape index (κ3) is 2.47. The first-order chi connectivity index (χ1) is 9.25. The van der Waals surface area contributed by atoms with Crippen molar-refractivity contribution in [3.05, 3.63) is 51.5 Å². The number of fused-ring (bicyclic) bond motifs is 1. The molecule has 1 aromatic heterocycles. The highest BCUT2D eigenvalue weighted by atomic mass is 32.1. The zero-order valence-electron chi connectivity index (χ0n) is 11.1. The lowest BCUT2D eigenvalue weighted by Gasteiger charge is -2.23. The van der Waals surface area contributed by atoms with Crippen LogP contribution in [0.25, 0.3) is 0 Å². The van der Waals surface area contributed by atoms with Crippen molar-refractivity contribution >= 4 is 17.1 Å². The molecule has 3 rings (SSSR count). The second-order valence-electron chi connectivity index (χ2n) is 5.16. The molecule has 0 radical (unpaired) electrons. The standard InChI is InChI=1S/C16H17NOS/c1-11-15(19-10-17-11)9-8-13-7-6-12-4-2-3-5-14(12)16(13)18/h2-5,10,13H,6-9H2,1H3. The lowest BCUT2D eigenvalue weighted by molar-refractivity contribution is 0.0895. The summed E-state index contributed by atoms with van der Waals surface area (Å²) in [6, 6.07) is 8.04. The summed E-state index contributed by atoms with van der Waals surface area (Å²) in [5, 5.41) is 0. The summed E-state index contributed by atoms with van der Waals surface area (Å²) in [6.07, 6.45) is 3.97. The van der Waals surface area contributed by atoms with Gasteiger partial charge in [-0.25, -0.2) is 4.98 Å². The molecule has 3 heteroatoms. The van der Waals surface area contributed by atoms with Gasteiger partial charge in [0.25, 0.3) is 0 Å². The third-order valence-electron chi connectivity index (χ3n) is 3.98. The van der Waals surface area contributed by atoms with Crippen molar-refractivity contribution in [2.24, 2.45) is 5.92 Å². The second kappa shape index (κ2) is 5.25. The maximum Gasteiger partial charge on any atom is 0.166 e. The smallest absolute Gasteiger partial charge is 0.166 e. The van der Waals surface area contributed by atoms with Crippen molar-refractivity contribution in [2.75, 3.05) is 0 Å². The Morgan fingerprint density at radius 2 is 2.21 bits per heavy atom. The molecule has 0 bridgehead atoms. The van der Waals surface area contributed by atoms with Gasteiger partial charge in [0.2, 0.25) is 0 Å². The summed E-state index contributed by atoms with van der Waals surface area (Å²) >= 11 is 1.70. The fraction of sp³-hybridized carbons (Fsp3) is 0.375. The van der Waals surface area contributed by atoms with Crippen LogP contribution >= 0.6 is 11.3 Å². The highest BCUT2D eigenvalue weighted by Gasteiger charge is 2.26. The van der Waals surface area contributed by atoms with Crippen LogP contribution in [0.3, 0.4) is 0 Å². The summed E-state index contributed by atoms with van der Waals surface area (Å²) in [7, 11) is 0. The van der Waals surface area contributed by atoms with Gasteiger partial charge in [-0.05, 0) is 38.2 Å². The Hall–Kier alpha value is -1.48. The summed E-state index contributed by atoms with van der Waals surface area (Å²) in [5.41, 5.74) is 5.18. The van der Waals surface area contributed by atoms with E-state index in [0.29, 0.717) is 5.78 Å². The van der Waals surface area contributed by atoms with Gasteiger partial charge in [-0.2, -0.15) is 0 Å². The van der Waals surface area contributed by atoms with E-state index in [0.717, 1.165) is 36.9 Å². The number of aryl methyl sites for hydroxylation is 3. The van der Waals surface area contributed by atoms with Gasteiger partial charge in [0.15, 0.2) is 5.78 Å². The van der Waals surface area contributed by atoms with Crippen LogP contribution in [0.4, 0.5) is 0 Å². The predicted molar refractivity (Wildman–Crippen MR) is 77.8 cm³/mol. The zero-order chi connectivity index (χ0) is 13.2. The molecule has 1 unspecified atom stereocenters. The van der Waals surface area contributed by atoms with Gasteiger partial charge >= 0.3 is 0 Å². The molecule has 1 heterocycles. The van der Waals surface area contributed by atoms with Crippen LogP contribution in [-0.4, -0.2) is 10.8 Å². The summed E-state index contributed by atoms with van der Waals surface area (Å²) in [4.78, 5) is 18.0. The molecule has 1 atom stereocenters. The molecule has 1 aromatic carbocycles. The summed E-state index contributed by atoms with van der Waals surface area (Å²) in [5.74, 6) is 0.528. The molecule has 0 fully saturated rings. The molecule has 1 aliphatic carbocycles. The van der Waals surface area contributed by atoms with Crippen LogP contribution in [0.5, 0.6) is 0 Å². The van der Waals surface area contributed by atoms with Gasteiger partial charge in [-0.3, -0.25) is 4.79 Å². The van der Waals surface area contributed by atoms with Crippen molar-refractivity contribution in [3.8, 4) is 0 Å². The van der Waals surface area contributed by atoms with Gasteiger partial charge < -0.3 is 0 Å². The number of benzene rings is 1. The number of carbonyl (C=O) groups excluding carboxylic acids is 1. The van der Waals surface area contributed by atoms with Crippen LogP contribution in [0.2, 0.25) is 0 Å². The van der Waals surface area contributed by atoms with Crippen LogP contribution in [0, 0.1) is 12.8 Å². The fourth-order valence-electron chi connectivity index (χ4n) is 2.81. The monoisotopic (exact) mass is 271 g/mol. The molecule has 98 valence electrons. The molecule has 0 saturated carbocycles. The number of hydrogen-bond acceptors (Lipinski definition) is 3. The predicted octanol–water partition coefficient (Wildman–Crippen LogP) is 3.83. The van der Waals surface area contributed by atoms with Crippen LogP contribution in [0.15, 0.2) is 29.8 Å². The minimum absolute atomic E-state index is 0.191. The molecule has 0 saturated heterocycles. The second-order valence-corrected chi connectivity index (χ2v) is 6.10. The van der Waals surface area contributed by atoms with Crippen molar-refractivity contribution < 1.29 is 4.79 Å². The van der Waals surface area contributed by atoms with Crippen LogP contribution in [-0.2, 0) is 12.8 Å². The molecular weight excluding hydrogens is 254 g/mol. The van der Waals surface area contributed by atoms with Gasteiger partial charge in [0, 0.05) is 16.4 Å².